The summed E-state index contributed by atoms with van der Waals surface area (Å²) < 4.78 is 11.3. The van der Waals surface area contributed by atoms with Crippen LogP contribution in [-0.4, -0.2) is 37.2 Å². The summed E-state index contributed by atoms with van der Waals surface area (Å²) >= 11 is 0. The highest BCUT2D eigenvalue weighted by atomic mass is 16.5. The lowest BCUT2D eigenvalue weighted by Gasteiger charge is -2.39. The average Bonchev–Trinajstić information content (AvgIpc) is 2.69. The van der Waals surface area contributed by atoms with Crippen molar-refractivity contribution in [2.75, 3.05) is 20.3 Å². The molecule has 4 heteroatoms. The molecule has 0 radical (unpaired) electrons. The van der Waals surface area contributed by atoms with Gasteiger partial charge >= 0.3 is 0 Å². The fraction of sp³-hybridized carbons (Fsp3) is 0.458. The van der Waals surface area contributed by atoms with Gasteiger partial charge in [0.2, 0.25) is 0 Å². The lowest BCUT2D eigenvalue weighted by Crippen LogP contribution is -2.36. The standard InChI is InChI=1S/C24H31NO3/c1-24(2)16-19(13-15-28-24)22(18-8-10-21(27-3)11-9-18)12-14-25-17-20-6-4-5-7-23(20)26/h4-11,17,19,22,26H,12-16H2,1-3H3/t19-,22-/m0/s1. The number of phenolic OH excluding ortho intramolecular Hbond substituents is 1. The van der Waals surface area contributed by atoms with Crippen molar-refractivity contribution in [3.63, 3.8) is 0 Å². The Balaban J connectivity index is 1.73. The molecular formula is C24H31NO3. The maximum absolute atomic E-state index is 9.89. The second-order valence-corrected chi connectivity index (χ2v) is 8.12. The van der Waals surface area contributed by atoms with Gasteiger partial charge in [0.1, 0.15) is 11.5 Å². The van der Waals surface area contributed by atoms with E-state index in [2.05, 4.69) is 31.0 Å². The van der Waals surface area contributed by atoms with Crippen molar-refractivity contribution < 1.29 is 14.6 Å². The molecule has 4 nitrogen and oxygen atoms in total. The summed E-state index contributed by atoms with van der Waals surface area (Å²) in [5, 5.41) is 9.89. The van der Waals surface area contributed by atoms with Crippen molar-refractivity contribution in [2.24, 2.45) is 10.9 Å². The number of benzene rings is 2. The van der Waals surface area contributed by atoms with Crippen molar-refractivity contribution >= 4 is 6.21 Å². The second-order valence-electron chi connectivity index (χ2n) is 8.12. The quantitative estimate of drug-likeness (QED) is 0.671. The Morgan fingerprint density at radius 2 is 1.96 bits per heavy atom. The molecule has 1 aliphatic heterocycles. The van der Waals surface area contributed by atoms with Gasteiger partial charge in [-0.15, -0.1) is 0 Å². The van der Waals surface area contributed by atoms with E-state index in [1.165, 1.54) is 5.56 Å². The average molecular weight is 382 g/mol. The van der Waals surface area contributed by atoms with Crippen molar-refractivity contribution in [1.29, 1.82) is 0 Å². The zero-order chi connectivity index (χ0) is 20.0. The molecule has 0 spiro atoms. The molecule has 0 aliphatic carbocycles. The lowest BCUT2D eigenvalue weighted by molar-refractivity contribution is -0.0771. The molecule has 1 saturated heterocycles. The molecule has 2 aromatic rings. The molecule has 0 unspecified atom stereocenters. The molecule has 2 atom stereocenters. The summed E-state index contributed by atoms with van der Waals surface area (Å²) in [5.74, 6) is 2.14. The van der Waals surface area contributed by atoms with E-state index < -0.39 is 0 Å². The minimum absolute atomic E-state index is 0.0767. The lowest BCUT2D eigenvalue weighted by atomic mass is 9.75. The molecule has 1 heterocycles. The molecule has 0 amide bonds. The monoisotopic (exact) mass is 381 g/mol. The minimum Gasteiger partial charge on any atom is -0.507 e. The molecule has 1 fully saturated rings. The largest absolute Gasteiger partial charge is 0.507 e. The SMILES string of the molecule is COc1ccc([C@H](CCN=Cc2ccccc2O)[C@H]2CCOC(C)(C)C2)cc1. The fourth-order valence-corrected chi connectivity index (χ4v) is 4.12. The Hall–Kier alpha value is -2.33. The highest BCUT2D eigenvalue weighted by Crippen LogP contribution is 2.40. The smallest absolute Gasteiger partial charge is 0.124 e. The zero-order valence-electron chi connectivity index (χ0n) is 17.1. The third-order valence-corrected chi connectivity index (χ3v) is 5.58. The highest BCUT2D eigenvalue weighted by molar-refractivity contribution is 5.83. The molecule has 1 aliphatic rings. The first-order valence-electron chi connectivity index (χ1n) is 10.0. The van der Waals surface area contributed by atoms with Gasteiger partial charge in [0.25, 0.3) is 0 Å². The van der Waals surface area contributed by atoms with Crippen LogP contribution in [0.5, 0.6) is 11.5 Å². The highest BCUT2D eigenvalue weighted by Gasteiger charge is 2.33. The van der Waals surface area contributed by atoms with Gasteiger partial charge in [0, 0.05) is 24.9 Å². The van der Waals surface area contributed by atoms with Gasteiger partial charge < -0.3 is 14.6 Å². The van der Waals surface area contributed by atoms with Crippen LogP contribution in [0, 0.1) is 5.92 Å². The number of nitrogens with zero attached hydrogens (tertiary/aromatic N) is 1. The zero-order valence-corrected chi connectivity index (χ0v) is 17.1. The molecule has 150 valence electrons. The van der Waals surface area contributed by atoms with E-state index in [4.69, 9.17) is 9.47 Å². The summed E-state index contributed by atoms with van der Waals surface area (Å²) in [6, 6.07) is 15.7. The number of hydrogen-bond acceptors (Lipinski definition) is 4. The molecule has 0 saturated carbocycles. The number of hydrogen-bond donors (Lipinski definition) is 1. The fourth-order valence-electron chi connectivity index (χ4n) is 4.12. The summed E-state index contributed by atoms with van der Waals surface area (Å²) in [5.41, 5.74) is 2.02. The summed E-state index contributed by atoms with van der Waals surface area (Å²) in [6.45, 7) is 5.90. The summed E-state index contributed by atoms with van der Waals surface area (Å²) in [6.07, 6.45) is 4.86. The van der Waals surface area contributed by atoms with E-state index in [1.807, 2.05) is 30.3 Å². The van der Waals surface area contributed by atoms with Gasteiger partial charge in [0.05, 0.1) is 12.7 Å². The number of rotatable bonds is 7. The number of aliphatic imine (C=N–C) groups is 1. The Bertz CT molecular complexity index is 783. The Morgan fingerprint density at radius 1 is 1.21 bits per heavy atom. The van der Waals surface area contributed by atoms with Gasteiger partial charge in [-0.25, -0.2) is 0 Å². The van der Waals surface area contributed by atoms with Crippen LogP contribution in [0.1, 0.15) is 50.2 Å². The maximum Gasteiger partial charge on any atom is 0.124 e. The van der Waals surface area contributed by atoms with Crippen LogP contribution in [0.4, 0.5) is 0 Å². The first-order valence-corrected chi connectivity index (χ1v) is 10.0. The van der Waals surface area contributed by atoms with E-state index in [0.29, 0.717) is 11.8 Å². The normalized spacial score (nSPS) is 20.2. The van der Waals surface area contributed by atoms with Crippen molar-refractivity contribution in [1.82, 2.24) is 0 Å². The van der Waals surface area contributed by atoms with Crippen LogP contribution in [0.2, 0.25) is 0 Å². The van der Waals surface area contributed by atoms with E-state index in [1.54, 1.807) is 19.4 Å². The van der Waals surface area contributed by atoms with Gasteiger partial charge in [-0.1, -0.05) is 24.3 Å². The van der Waals surface area contributed by atoms with E-state index in [-0.39, 0.29) is 11.4 Å². The van der Waals surface area contributed by atoms with E-state index >= 15 is 0 Å². The molecule has 2 aromatic carbocycles. The maximum atomic E-state index is 9.89. The van der Waals surface area contributed by atoms with Crippen molar-refractivity contribution in [3.05, 3.63) is 59.7 Å². The number of aromatic hydroxyl groups is 1. The van der Waals surface area contributed by atoms with Gasteiger partial charge in [0.15, 0.2) is 0 Å². The third kappa shape index (κ3) is 5.35. The molecule has 3 rings (SSSR count). The van der Waals surface area contributed by atoms with Crippen molar-refractivity contribution in [2.45, 2.75) is 44.6 Å². The van der Waals surface area contributed by atoms with Gasteiger partial charge in [-0.3, -0.25) is 4.99 Å². The minimum atomic E-state index is -0.0767. The molecule has 28 heavy (non-hydrogen) atoms. The Labute approximate surface area is 168 Å². The van der Waals surface area contributed by atoms with Crippen LogP contribution >= 0.6 is 0 Å². The van der Waals surface area contributed by atoms with Crippen LogP contribution in [-0.2, 0) is 4.74 Å². The number of phenols is 1. The van der Waals surface area contributed by atoms with E-state index in [9.17, 15) is 5.11 Å². The predicted octanol–water partition coefficient (Wildman–Crippen LogP) is 5.20. The second kappa shape index (κ2) is 9.24. The summed E-state index contributed by atoms with van der Waals surface area (Å²) in [4.78, 5) is 4.59. The molecular weight excluding hydrogens is 350 g/mol. The Morgan fingerprint density at radius 3 is 2.64 bits per heavy atom. The van der Waals surface area contributed by atoms with Gasteiger partial charge in [-0.05, 0) is 74.8 Å². The topological polar surface area (TPSA) is 51.0 Å². The first kappa shape index (κ1) is 20.4. The number of ether oxygens (including phenoxy) is 2. The molecule has 1 N–H and O–H groups in total. The van der Waals surface area contributed by atoms with Gasteiger partial charge in [-0.2, -0.15) is 0 Å². The third-order valence-electron chi connectivity index (χ3n) is 5.58. The van der Waals surface area contributed by atoms with E-state index in [0.717, 1.165) is 43.7 Å². The van der Waals surface area contributed by atoms with Crippen molar-refractivity contribution in [3.8, 4) is 11.5 Å². The van der Waals surface area contributed by atoms with Crippen LogP contribution in [0.3, 0.4) is 0 Å². The predicted molar refractivity (Wildman–Crippen MR) is 114 cm³/mol. The van der Waals surface area contributed by atoms with Crippen LogP contribution < -0.4 is 4.74 Å². The number of para-hydroxylation sites is 1. The van der Waals surface area contributed by atoms with Crippen LogP contribution in [0.25, 0.3) is 0 Å². The Kier molecular flexibility index (Phi) is 6.74. The van der Waals surface area contributed by atoms with Crippen LogP contribution in [0.15, 0.2) is 53.5 Å². The number of methoxy groups -OCH3 is 1. The molecule has 0 aromatic heterocycles. The first-order chi connectivity index (χ1) is 13.5. The summed E-state index contributed by atoms with van der Waals surface area (Å²) in [7, 11) is 1.70. The molecule has 0 bridgehead atoms.